The Labute approximate surface area is 181 Å². The van der Waals surface area contributed by atoms with Crippen LogP contribution < -0.4 is 10.6 Å². The van der Waals surface area contributed by atoms with Crippen molar-refractivity contribution in [3.05, 3.63) is 57.5 Å². The lowest BCUT2D eigenvalue weighted by atomic mass is 10.1. The van der Waals surface area contributed by atoms with Crippen LogP contribution in [-0.4, -0.2) is 49.7 Å². The molecule has 3 rings (SSSR count). The number of halogens is 1. The second-order valence-corrected chi connectivity index (χ2v) is 8.18. The number of nitriles is 1. The Hall–Kier alpha value is -2.47. The molecule has 0 bridgehead atoms. The summed E-state index contributed by atoms with van der Waals surface area (Å²) in [5.41, 5.74) is 0.835. The van der Waals surface area contributed by atoms with E-state index in [4.69, 9.17) is 10.00 Å². The Morgan fingerprint density at radius 2 is 2.30 bits per heavy atom. The lowest BCUT2D eigenvalue weighted by Gasteiger charge is -2.37. The molecule has 1 saturated heterocycles. The van der Waals surface area contributed by atoms with Crippen LogP contribution in [0.4, 0.5) is 4.39 Å². The van der Waals surface area contributed by atoms with E-state index < -0.39 is 0 Å². The van der Waals surface area contributed by atoms with Gasteiger partial charge in [-0.15, -0.1) is 11.3 Å². The minimum atomic E-state index is -0.354. The van der Waals surface area contributed by atoms with Crippen LogP contribution in [0.1, 0.15) is 35.9 Å². The maximum atomic E-state index is 14.1. The third-order valence-electron chi connectivity index (χ3n) is 4.97. The summed E-state index contributed by atoms with van der Waals surface area (Å²) in [5.74, 6) is 0.273. The van der Waals surface area contributed by atoms with E-state index in [0.717, 1.165) is 19.7 Å². The molecule has 2 N–H and O–H groups in total. The molecule has 2 atom stereocenters. The van der Waals surface area contributed by atoms with Crippen LogP contribution in [0.25, 0.3) is 0 Å². The third-order valence-corrected chi connectivity index (χ3v) is 5.95. The Kier molecular flexibility index (Phi) is 8.20. The van der Waals surface area contributed by atoms with E-state index in [-0.39, 0.29) is 24.5 Å². The summed E-state index contributed by atoms with van der Waals surface area (Å²) in [6.07, 6.45) is 0.207. The van der Waals surface area contributed by atoms with Crippen molar-refractivity contribution in [2.75, 3.05) is 32.8 Å². The molecular weight excluding hydrogens is 401 g/mol. The molecule has 30 heavy (non-hydrogen) atoms. The second kappa shape index (κ2) is 11.1. The summed E-state index contributed by atoms with van der Waals surface area (Å²) in [6, 6.07) is 10.8. The average molecular weight is 430 g/mol. The van der Waals surface area contributed by atoms with Gasteiger partial charge in [-0.25, -0.2) is 9.38 Å². The molecule has 0 radical (unpaired) electrons. The molecule has 6 nitrogen and oxygen atoms in total. The predicted octanol–water partition coefficient (Wildman–Crippen LogP) is 3.28. The van der Waals surface area contributed by atoms with Gasteiger partial charge in [0.1, 0.15) is 5.82 Å². The summed E-state index contributed by atoms with van der Waals surface area (Å²) in [5, 5.41) is 17.8. The van der Waals surface area contributed by atoms with Gasteiger partial charge in [-0.2, -0.15) is 5.26 Å². The summed E-state index contributed by atoms with van der Waals surface area (Å²) < 4.78 is 19.8. The number of nitrogens with zero attached hydrogens (tertiary/aromatic N) is 3. The van der Waals surface area contributed by atoms with Gasteiger partial charge in [0.25, 0.3) is 0 Å². The van der Waals surface area contributed by atoms with E-state index in [2.05, 4.69) is 45.0 Å². The van der Waals surface area contributed by atoms with E-state index in [1.165, 1.54) is 17.0 Å². The summed E-state index contributed by atoms with van der Waals surface area (Å²) >= 11 is 1.74. The van der Waals surface area contributed by atoms with Crippen molar-refractivity contribution >= 4 is 17.3 Å². The van der Waals surface area contributed by atoms with Gasteiger partial charge in [-0.3, -0.25) is 4.90 Å². The zero-order valence-electron chi connectivity index (χ0n) is 17.4. The first-order valence-corrected chi connectivity index (χ1v) is 11.1. The molecule has 1 aromatic carbocycles. The summed E-state index contributed by atoms with van der Waals surface area (Å²) in [6.45, 7) is 8.12. The van der Waals surface area contributed by atoms with Crippen LogP contribution >= 0.6 is 11.3 Å². The number of ether oxygens (including phenoxy) is 1. The van der Waals surface area contributed by atoms with E-state index in [1.54, 1.807) is 17.4 Å². The number of hydrogen-bond donors (Lipinski definition) is 2. The van der Waals surface area contributed by atoms with Crippen LogP contribution in [-0.2, 0) is 11.3 Å². The number of rotatable bonds is 7. The van der Waals surface area contributed by atoms with Gasteiger partial charge >= 0.3 is 0 Å². The van der Waals surface area contributed by atoms with Crippen molar-refractivity contribution in [2.24, 2.45) is 4.99 Å². The van der Waals surface area contributed by atoms with Crippen molar-refractivity contribution < 1.29 is 9.13 Å². The zero-order valence-corrected chi connectivity index (χ0v) is 18.2. The Morgan fingerprint density at radius 3 is 3.00 bits per heavy atom. The topological polar surface area (TPSA) is 72.7 Å². The molecular formula is C22H28FN5OS. The van der Waals surface area contributed by atoms with E-state index >= 15 is 0 Å². The average Bonchev–Trinajstić information content (AvgIpc) is 3.27. The first kappa shape index (κ1) is 22.2. The molecule has 1 aromatic heterocycles. The third kappa shape index (κ3) is 6.02. The van der Waals surface area contributed by atoms with Crippen LogP contribution in [0.15, 0.2) is 40.7 Å². The van der Waals surface area contributed by atoms with Crippen molar-refractivity contribution in [2.45, 2.75) is 32.5 Å². The minimum absolute atomic E-state index is 0.162. The predicted molar refractivity (Wildman–Crippen MR) is 118 cm³/mol. The molecule has 1 fully saturated rings. The maximum absolute atomic E-state index is 14.1. The van der Waals surface area contributed by atoms with Crippen molar-refractivity contribution in [3.8, 4) is 6.07 Å². The fraction of sp³-hybridized carbons (Fsp3) is 0.455. The SMILES string of the molecule is CCNC(=NCc1cc(C#N)ccc1F)NCC(c1cccs1)N1CCOC(C)C1. The number of thiophene rings is 1. The van der Waals surface area contributed by atoms with E-state index in [9.17, 15) is 4.39 Å². The molecule has 0 saturated carbocycles. The Bertz CT molecular complexity index is 880. The molecule has 1 aliphatic heterocycles. The lowest BCUT2D eigenvalue weighted by molar-refractivity contribution is -0.0334. The number of nitrogens with one attached hydrogen (secondary N) is 2. The molecule has 2 heterocycles. The van der Waals surface area contributed by atoms with Gasteiger partial charge in [0, 0.05) is 36.6 Å². The van der Waals surface area contributed by atoms with Crippen molar-refractivity contribution in [3.63, 3.8) is 0 Å². The highest BCUT2D eigenvalue weighted by atomic mass is 32.1. The number of morpholine rings is 1. The molecule has 0 amide bonds. The normalized spacial score (nSPS) is 18.6. The molecule has 2 aromatic rings. The molecule has 2 unspecified atom stereocenters. The highest BCUT2D eigenvalue weighted by molar-refractivity contribution is 7.10. The number of guanidine groups is 1. The van der Waals surface area contributed by atoms with Crippen LogP contribution in [0.3, 0.4) is 0 Å². The molecule has 1 aliphatic rings. The highest BCUT2D eigenvalue weighted by Gasteiger charge is 2.26. The van der Waals surface area contributed by atoms with Gasteiger partial charge in [-0.1, -0.05) is 6.07 Å². The summed E-state index contributed by atoms with van der Waals surface area (Å²) in [7, 11) is 0. The van der Waals surface area contributed by atoms with E-state index in [1.807, 2.05) is 13.0 Å². The van der Waals surface area contributed by atoms with Gasteiger partial charge in [0.2, 0.25) is 0 Å². The lowest BCUT2D eigenvalue weighted by Crippen LogP contribution is -2.48. The van der Waals surface area contributed by atoms with Gasteiger partial charge in [-0.05, 0) is 43.5 Å². The van der Waals surface area contributed by atoms with Gasteiger partial charge in [0.15, 0.2) is 5.96 Å². The van der Waals surface area contributed by atoms with Crippen LogP contribution in [0.5, 0.6) is 0 Å². The summed E-state index contributed by atoms with van der Waals surface area (Å²) in [4.78, 5) is 8.27. The number of hydrogen-bond acceptors (Lipinski definition) is 5. The van der Waals surface area contributed by atoms with Crippen LogP contribution in [0.2, 0.25) is 0 Å². The zero-order chi connectivity index (χ0) is 21.3. The van der Waals surface area contributed by atoms with Gasteiger partial charge < -0.3 is 15.4 Å². The van der Waals surface area contributed by atoms with Crippen LogP contribution in [0, 0.1) is 17.1 Å². The minimum Gasteiger partial charge on any atom is -0.376 e. The highest BCUT2D eigenvalue weighted by Crippen LogP contribution is 2.26. The molecule has 0 spiro atoms. The molecule has 0 aliphatic carbocycles. The second-order valence-electron chi connectivity index (χ2n) is 7.20. The fourth-order valence-corrected chi connectivity index (χ4v) is 4.34. The number of benzene rings is 1. The standard InChI is InChI=1S/C22H28FN5OS/c1-3-25-22(26-13-18-11-17(12-24)6-7-19(18)23)27-14-20(21-5-4-10-30-21)28-8-9-29-16(2)15-28/h4-7,10-11,16,20H,3,8-9,13-15H2,1-2H3,(H2,25,26,27). The van der Waals surface area contributed by atoms with E-state index in [0.29, 0.717) is 30.2 Å². The van der Waals surface area contributed by atoms with Crippen molar-refractivity contribution in [1.82, 2.24) is 15.5 Å². The fourth-order valence-electron chi connectivity index (χ4n) is 3.48. The smallest absolute Gasteiger partial charge is 0.191 e. The van der Waals surface area contributed by atoms with Gasteiger partial charge in [0.05, 0.1) is 36.9 Å². The quantitative estimate of drug-likeness (QED) is 0.522. The first-order valence-electron chi connectivity index (χ1n) is 10.2. The largest absolute Gasteiger partial charge is 0.376 e. The Balaban J connectivity index is 1.71. The maximum Gasteiger partial charge on any atom is 0.191 e. The Morgan fingerprint density at radius 1 is 1.43 bits per heavy atom. The monoisotopic (exact) mass is 429 g/mol. The number of aliphatic imine (C=N–C) groups is 1. The molecule has 8 heteroatoms. The first-order chi connectivity index (χ1) is 14.6. The molecule has 160 valence electrons. The van der Waals surface area contributed by atoms with Crippen molar-refractivity contribution in [1.29, 1.82) is 5.26 Å².